The average Bonchev–Trinajstić information content (AvgIpc) is 2.84. The number of nitrogens with zero attached hydrogens (tertiary/aromatic N) is 1. The molecule has 1 amide bonds. The van der Waals surface area contributed by atoms with E-state index in [4.69, 9.17) is 16.8 Å². The Morgan fingerprint density at radius 2 is 2.24 bits per heavy atom. The number of H-pyrrole nitrogens is 1. The number of aliphatic hydroxyl groups excluding tert-OH is 2. The van der Waals surface area contributed by atoms with Crippen molar-refractivity contribution in [2.45, 2.75) is 24.5 Å². The number of ether oxygens (including phenoxy) is 1. The van der Waals surface area contributed by atoms with E-state index < -0.39 is 44.5 Å². The number of phosphoric acid groups is 1. The van der Waals surface area contributed by atoms with E-state index in [2.05, 4.69) is 30.0 Å². The lowest BCUT2D eigenvalue weighted by Crippen LogP contribution is -2.37. The van der Waals surface area contributed by atoms with Gasteiger partial charge < -0.3 is 41.1 Å². The monoisotopic (exact) mass is 382 g/mol. The maximum Gasteiger partial charge on any atom is 0.469 e. The van der Waals surface area contributed by atoms with Crippen molar-refractivity contribution < 1.29 is 38.6 Å². The Kier molecular flexibility index (Phi) is 5.29. The topological polar surface area (TPSA) is 229 Å². The van der Waals surface area contributed by atoms with Crippen molar-refractivity contribution in [3.8, 4) is 0 Å². The first-order valence-corrected chi connectivity index (χ1v) is 8.18. The second-order valence-corrected chi connectivity index (χ2v) is 6.12. The highest BCUT2D eigenvalue weighted by atomic mass is 31.2. The molecule has 0 spiro atoms. The van der Waals surface area contributed by atoms with Crippen LogP contribution >= 0.6 is 7.82 Å². The van der Waals surface area contributed by atoms with Gasteiger partial charge in [0.1, 0.15) is 24.0 Å². The number of carbonyl (C=O) groups excluding carboxylic acids is 1. The molecule has 0 saturated carbocycles. The van der Waals surface area contributed by atoms with Gasteiger partial charge in [-0.05, 0) is 0 Å². The first kappa shape index (κ1) is 17.8. The Morgan fingerprint density at radius 3 is 2.88 bits per heavy atom. The molecule has 2 rings (SSSR count). The molecule has 14 nitrogen and oxygen atoms in total. The van der Waals surface area contributed by atoms with Gasteiger partial charge in [0.05, 0.1) is 6.61 Å². The number of nitrogen functional groups attached to an aromatic ring is 1. The molecule has 25 heavy (non-hydrogen) atoms. The molecular formula is C10H16N5O9P. The molecule has 9 N–H and O–H groups in total. The molecule has 1 aliphatic heterocycles. The van der Waals surface area contributed by atoms with Crippen LogP contribution in [0.4, 0.5) is 17.5 Å². The molecule has 0 radical (unpaired) electrons. The molecule has 1 aliphatic rings. The van der Waals surface area contributed by atoms with Gasteiger partial charge in [-0.1, -0.05) is 0 Å². The number of phosphoric ester groups is 1. The Morgan fingerprint density at radius 1 is 1.52 bits per heavy atom. The maximum absolute atomic E-state index is 11.8. The second kappa shape index (κ2) is 7.45. The lowest BCUT2D eigenvalue weighted by molar-refractivity contribution is -0.105. The summed E-state index contributed by atoms with van der Waals surface area (Å²) in [5.74, 6) is -0.547. The summed E-state index contributed by atoms with van der Waals surface area (Å²) in [6.07, 6.45) is -5.52. The van der Waals surface area contributed by atoms with Gasteiger partial charge in [-0.2, -0.15) is 4.98 Å². The Balaban J connectivity index is 2.14. The van der Waals surface area contributed by atoms with Crippen LogP contribution in [0.5, 0.6) is 0 Å². The van der Waals surface area contributed by atoms with E-state index in [0.717, 1.165) is 0 Å². The number of aromatic nitrogens is 2. The minimum atomic E-state index is -4.64. The zero-order chi connectivity index (χ0) is 19.5. The summed E-state index contributed by atoms with van der Waals surface area (Å²) in [5.41, 5.74) is 4.31. The smallest absolute Gasteiger partial charge is 0.387 e. The van der Waals surface area contributed by atoms with Crippen LogP contribution in [0.3, 0.4) is 0 Å². The largest absolute Gasteiger partial charge is 0.469 e. The van der Waals surface area contributed by atoms with E-state index in [9.17, 15) is 24.4 Å². The highest BCUT2D eigenvalue weighted by molar-refractivity contribution is 7.46. The summed E-state index contributed by atoms with van der Waals surface area (Å²) in [5, 5.41) is 24.5. The lowest BCUT2D eigenvalue weighted by atomic mass is 10.1. The molecule has 15 heteroatoms. The van der Waals surface area contributed by atoms with Crippen molar-refractivity contribution in [2.75, 3.05) is 23.0 Å². The number of carbonyl (C=O) groups is 1. The molecule has 2 heterocycles. The van der Waals surface area contributed by atoms with Gasteiger partial charge >= 0.3 is 7.82 Å². The van der Waals surface area contributed by atoms with Crippen LogP contribution < -0.4 is 21.9 Å². The van der Waals surface area contributed by atoms with Crippen LogP contribution in [-0.2, 0) is 18.6 Å². The predicted octanol–water partition coefficient (Wildman–Crippen LogP) is -3.11. The summed E-state index contributed by atoms with van der Waals surface area (Å²) in [6.45, 7) is -0.687. The minimum Gasteiger partial charge on any atom is -0.387 e. The zero-order valence-corrected chi connectivity index (χ0v) is 13.3. The number of hydrogen-bond acceptors (Lipinski definition) is 11. The fraction of sp³-hybridized carbons (Fsp3) is 0.500. The van der Waals surface area contributed by atoms with Crippen LogP contribution in [0, 0.1) is 0 Å². The number of nitrogens with one attached hydrogen (secondary N) is 3. The van der Waals surface area contributed by atoms with Crippen molar-refractivity contribution in [1.82, 2.24) is 9.97 Å². The number of nitrogens with two attached hydrogens (primary N) is 1. The van der Waals surface area contributed by atoms with Gasteiger partial charge in [0.2, 0.25) is 13.8 Å². The number of aromatic amines is 1. The fourth-order valence-corrected chi connectivity index (χ4v) is 2.43. The average molecular weight is 382 g/mol. The highest BCUT2D eigenvalue weighted by Gasteiger charge is 2.44. The van der Waals surface area contributed by atoms with Crippen LogP contribution in [0.2, 0.25) is 0 Å². The molecule has 1 aromatic heterocycles. The lowest BCUT2D eigenvalue weighted by Gasteiger charge is -2.18. The normalized spacial score (nSPS) is 28.8. The molecule has 140 valence electrons. The van der Waals surface area contributed by atoms with Crippen LogP contribution in [0.1, 0.15) is 0 Å². The van der Waals surface area contributed by atoms with E-state index >= 15 is 0 Å². The molecule has 5 atom stereocenters. The van der Waals surface area contributed by atoms with Crippen molar-refractivity contribution in [1.29, 1.82) is 1.43 Å². The van der Waals surface area contributed by atoms with E-state index in [-0.39, 0.29) is 23.9 Å². The van der Waals surface area contributed by atoms with Crippen molar-refractivity contribution >= 4 is 31.7 Å². The van der Waals surface area contributed by atoms with Gasteiger partial charge in [-0.25, -0.2) is 4.57 Å². The third kappa shape index (κ3) is 4.73. The van der Waals surface area contributed by atoms with Crippen molar-refractivity contribution in [3.63, 3.8) is 0 Å². The number of hydrogen-bond donors (Lipinski definition) is 8. The highest BCUT2D eigenvalue weighted by Crippen LogP contribution is 2.37. The third-order valence-corrected chi connectivity index (χ3v) is 3.66. The van der Waals surface area contributed by atoms with E-state index in [0.29, 0.717) is 0 Å². The Labute approximate surface area is 140 Å². The van der Waals surface area contributed by atoms with E-state index in [1.807, 2.05) is 0 Å². The molecule has 1 saturated heterocycles. The number of rotatable bonds is 8. The Hall–Kier alpha value is -2.06. The van der Waals surface area contributed by atoms with Crippen LogP contribution in [-0.4, -0.2) is 69.0 Å². The van der Waals surface area contributed by atoms with E-state index in [1.165, 1.54) is 0 Å². The molecule has 0 aliphatic carbocycles. The molecule has 0 aromatic carbocycles. The summed E-state index contributed by atoms with van der Waals surface area (Å²) in [7, 11) is -4.64. The quantitative estimate of drug-likeness (QED) is 0.165. The zero-order valence-electron chi connectivity index (χ0n) is 13.4. The minimum absolute atomic E-state index is 0.213. The van der Waals surface area contributed by atoms with Crippen LogP contribution in [0.15, 0.2) is 4.79 Å². The summed E-state index contributed by atoms with van der Waals surface area (Å²) in [6, 6.07) is 0. The molecule has 0 bridgehead atoms. The fourth-order valence-electron chi connectivity index (χ4n) is 2.10. The van der Waals surface area contributed by atoms with Gasteiger partial charge in [0.15, 0.2) is 12.0 Å². The summed E-state index contributed by atoms with van der Waals surface area (Å²) < 4.78 is 27.1. The molecule has 1 aromatic rings. The second-order valence-electron chi connectivity index (χ2n) is 4.92. The third-order valence-electron chi connectivity index (χ3n) is 3.18. The Bertz CT molecular complexity index is 763. The predicted molar refractivity (Wildman–Crippen MR) is 81.3 cm³/mol. The number of anilines is 3. The molecular weight excluding hydrogens is 365 g/mol. The van der Waals surface area contributed by atoms with Crippen molar-refractivity contribution in [2.24, 2.45) is 0 Å². The van der Waals surface area contributed by atoms with Crippen molar-refractivity contribution in [3.05, 3.63) is 10.4 Å². The van der Waals surface area contributed by atoms with Gasteiger partial charge in [-0.15, -0.1) is 0 Å². The van der Waals surface area contributed by atoms with Gasteiger partial charge in [0.25, 0.3) is 5.56 Å². The van der Waals surface area contributed by atoms with E-state index in [1.54, 1.807) is 0 Å². The maximum atomic E-state index is 11.8. The molecule has 1 fully saturated rings. The van der Waals surface area contributed by atoms with Gasteiger partial charge in [0, 0.05) is 0 Å². The first-order chi connectivity index (χ1) is 12.2. The molecule has 2 unspecified atom stereocenters. The number of amides is 1. The summed E-state index contributed by atoms with van der Waals surface area (Å²) >= 11 is 0. The number of aliphatic hydroxyl groups is 2. The van der Waals surface area contributed by atoms with Crippen LogP contribution in [0.25, 0.3) is 0 Å². The SMILES string of the molecule is [2H]OP(=O)(O)OC[C@H]1OC(Nc2nc(N)[nH]c(=O)c2NC=O)[C@H](O)[C@@H]1O. The van der Waals surface area contributed by atoms with Gasteiger partial charge in [-0.3, -0.25) is 19.1 Å². The first-order valence-electron chi connectivity index (χ1n) is 7.09. The standard InChI is InChI=1S/C10H16N5O9P/c11-10-14-7(4(12-2-16)8(19)15-10)13-9-6(18)5(17)3(24-9)1-23-25(20,21)22/h2-3,5-6,9,17-18H,1H2,(H,12,16)(H2,20,21,22)(H4,11,13,14,15,19)/t3-,5-,6-,9?/m1/s1/i/hD. The summed E-state index contributed by atoms with van der Waals surface area (Å²) in [4.78, 5) is 40.8.